The minimum atomic E-state index is 0.560. The van der Waals surface area contributed by atoms with E-state index in [-0.39, 0.29) is 0 Å². The molecular formula is C12H19N5OS. The van der Waals surface area contributed by atoms with Gasteiger partial charge in [0.2, 0.25) is 0 Å². The Hall–Kier alpha value is -1.47. The number of ether oxygens (including phenoxy) is 1. The molecule has 19 heavy (non-hydrogen) atoms. The topological polar surface area (TPSA) is 64.9 Å². The van der Waals surface area contributed by atoms with Crippen molar-refractivity contribution in [2.24, 2.45) is 0 Å². The Morgan fingerprint density at radius 2 is 2.21 bits per heavy atom. The van der Waals surface area contributed by atoms with E-state index in [1.807, 2.05) is 10.9 Å². The molecule has 2 aromatic rings. The standard InChI is InChI=1S/C12H19N5OS/c1-3-5-13-8-11-15-16-12(19-11)18-10-7-14-17(9-10)6-4-2/h7,9,13H,3-6,8H2,1-2H3. The van der Waals surface area contributed by atoms with Gasteiger partial charge in [-0.3, -0.25) is 4.68 Å². The Bertz CT molecular complexity index is 496. The number of aryl methyl sites for hydroxylation is 1. The van der Waals surface area contributed by atoms with Crippen molar-refractivity contribution < 1.29 is 4.74 Å². The molecule has 0 saturated heterocycles. The molecule has 0 radical (unpaired) electrons. The van der Waals surface area contributed by atoms with Crippen molar-refractivity contribution in [1.82, 2.24) is 25.3 Å². The number of hydrogen-bond acceptors (Lipinski definition) is 6. The van der Waals surface area contributed by atoms with Crippen LogP contribution in [0.5, 0.6) is 10.9 Å². The lowest BCUT2D eigenvalue weighted by Gasteiger charge is -1.97. The van der Waals surface area contributed by atoms with Gasteiger partial charge < -0.3 is 10.1 Å². The van der Waals surface area contributed by atoms with Gasteiger partial charge in [0, 0.05) is 13.1 Å². The number of rotatable bonds is 8. The third-order valence-corrected chi connectivity index (χ3v) is 3.22. The van der Waals surface area contributed by atoms with Crippen molar-refractivity contribution in [1.29, 1.82) is 0 Å². The quantitative estimate of drug-likeness (QED) is 0.753. The molecule has 0 spiro atoms. The predicted octanol–water partition coefficient (Wildman–Crippen LogP) is 2.44. The average Bonchev–Trinajstić information content (AvgIpc) is 3.01. The maximum absolute atomic E-state index is 5.63. The molecule has 0 aliphatic carbocycles. The van der Waals surface area contributed by atoms with Crippen LogP contribution in [0.2, 0.25) is 0 Å². The predicted molar refractivity (Wildman–Crippen MR) is 74.5 cm³/mol. The minimum absolute atomic E-state index is 0.560. The van der Waals surface area contributed by atoms with Gasteiger partial charge in [0.25, 0.3) is 5.19 Å². The molecule has 0 unspecified atom stereocenters. The second-order valence-corrected chi connectivity index (χ2v) is 5.20. The fourth-order valence-electron chi connectivity index (χ4n) is 1.57. The van der Waals surface area contributed by atoms with E-state index < -0.39 is 0 Å². The van der Waals surface area contributed by atoms with Crippen molar-refractivity contribution in [3.05, 3.63) is 17.4 Å². The van der Waals surface area contributed by atoms with E-state index in [1.165, 1.54) is 11.3 Å². The monoisotopic (exact) mass is 281 g/mol. The highest BCUT2D eigenvalue weighted by Crippen LogP contribution is 2.24. The molecule has 0 fully saturated rings. The highest BCUT2D eigenvalue weighted by molar-refractivity contribution is 7.13. The number of nitrogens with one attached hydrogen (secondary N) is 1. The largest absolute Gasteiger partial charge is 0.426 e. The minimum Gasteiger partial charge on any atom is -0.426 e. The fourth-order valence-corrected chi connectivity index (χ4v) is 2.25. The van der Waals surface area contributed by atoms with Crippen molar-refractivity contribution in [3.63, 3.8) is 0 Å². The molecular weight excluding hydrogens is 262 g/mol. The van der Waals surface area contributed by atoms with Crippen LogP contribution in [-0.4, -0.2) is 26.5 Å². The molecule has 0 aliphatic rings. The molecule has 1 N–H and O–H groups in total. The van der Waals surface area contributed by atoms with Gasteiger partial charge in [0.05, 0.1) is 12.4 Å². The number of hydrogen-bond donors (Lipinski definition) is 1. The maximum Gasteiger partial charge on any atom is 0.299 e. The van der Waals surface area contributed by atoms with E-state index in [0.717, 1.165) is 37.5 Å². The van der Waals surface area contributed by atoms with Crippen LogP contribution in [0.3, 0.4) is 0 Å². The summed E-state index contributed by atoms with van der Waals surface area (Å²) >= 11 is 1.46. The summed E-state index contributed by atoms with van der Waals surface area (Å²) in [4.78, 5) is 0. The first-order valence-corrected chi connectivity index (χ1v) is 7.37. The molecule has 2 rings (SSSR count). The van der Waals surface area contributed by atoms with Gasteiger partial charge in [-0.05, 0) is 19.4 Å². The summed E-state index contributed by atoms with van der Waals surface area (Å²) in [5, 5.41) is 17.1. The van der Waals surface area contributed by atoms with Crippen LogP contribution < -0.4 is 10.1 Å². The molecule has 0 saturated carbocycles. The lowest BCUT2D eigenvalue weighted by atomic mass is 10.5. The van der Waals surface area contributed by atoms with Gasteiger partial charge in [-0.2, -0.15) is 5.10 Å². The molecule has 0 bridgehead atoms. The molecule has 7 heteroatoms. The second-order valence-electron chi connectivity index (χ2n) is 4.18. The number of nitrogens with zero attached hydrogens (tertiary/aromatic N) is 4. The van der Waals surface area contributed by atoms with Crippen molar-refractivity contribution in [2.45, 2.75) is 39.8 Å². The first-order chi connectivity index (χ1) is 9.31. The normalized spacial score (nSPS) is 10.8. The summed E-state index contributed by atoms with van der Waals surface area (Å²) in [6.07, 6.45) is 5.73. The lowest BCUT2D eigenvalue weighted by molar-refractivity contribution is 0.471. The highest BCUT2D eigenvalue weighted by Gasteiger charge is 2.07. The summed E-state index contributed by atoms with van der Waals surface area (Å²) in [5.41, 5.74) is 0. The zero-order valence-corrected chi connectivity index (χ0v) is 12.1. The lowest BCUT2D eigenvalue weighted by Crippen LogP contribution is -2.13. The van der Waals surface area contributed by atoms with Gasteiger partial charge in [-0.1, -0.05) is 30.3 Å². The smallest absolute Gasteiger partial charge is 0.299 e. The first kappa shape index (κ1) is 14.0. The Morgan fingerprint density at radius 3 is 3.00 bits per heavy atom. The van der Waals surface area contributed by atoms with Gasteiger partial charge >= 0.3 is 0 Å². The van der Waals surface area contributed by atoms with Crippen molar-refractivity contribution in [3.8, 4) is 10.9 Å². The average molecular weight is 281 g/mol. The van der Waals surface area contributed by atoms with Crippen molar-refractivity contribution >= 4 is 11.3 Å². The van der Waals surface area contributed by atoms with Crippen LogP contribution in [0.15, 0.2) is 12.4 Å². The highest BCUT2D eigenvalue weighted by atomic mass is 32.1. The van der Waals surface area contributed by atoms with E-state index in [0.29, 0.717) is 10.9 Å². The molecule has 0 aromatic carbocycles. The molecule has 0 amide bonds. The summed E-state index contributed by atoms with van der Waals surface area (Å²) in [5.74, 6) is 0.706. The zero-order valence-electron chi connectivity index (χ0n) is 11.3. The fraction of sp³-hybridized carbons (Fsp3) is 0.583. The number of aromatic nitrogens is 4. The summed E-state index contributed by atoms with van der Waals surface area (Å²) in [7, 11) is 0. The maximum atomic E-state index is 5.63. The summed E-state index contributed by atoms with van der Waals surface area (Å²) < 4.78 is 7.49. The van der Waals surface area contributed by atoms with E-state index in [2.05, 4.69) is 34.5 Å². The van der Waals surface area contributed by atoms with Crippen LogP contribution in [0.4, 0.5) is 0 Å². The van der Waals surface area contributed by atoms with Gasteiger partial charge in [-0.25, -0.2) is 0 Å². The van der Waals surface area contributed by atoms with Gasteiger partial charge in [0.15, 0.2) is 5.75 Å². The molecule has 0 atom stereocenters. The van der Waals surface area contributed by atoms with E-state index in [4.69, 9.17) is 4.74 Å². The molecule has 2 aromatic heterocycles. The molecule has 104 valence electrons. The molecule has 6 nitrogen and oxygen atoms in total. The Morgan fingerprint density at radius 1 is 1.32 bits per heavy atom. The van der Waals surface area contributed by atoms with E-state index >= 15 is 0 Å². The van der Waals surface area contributed by atoms with Crippen molar-refractivity contribution in [2.75, 3.05) is 6.54 Å². The zero-order chi connectivity index (χ0) is 13.5. The van der Waals surface area contributed by atoms with Gasteiger partial charge in [-0.15, -0.1) is 5.10 Å². The summed E-state index contributed by atoms with van der Waals surface area (Å²) in [6, 6.07) is 0. The molecule has 0 aliphatic heterocycles. The summed E-state index contributed by atoms with van der Waals surface area (Å²) in [6.45, 7) is 6.87. The first-order valence-electron chi connectivity index (χ1n) is 6.55. The van der Waals surface area contributed by atoms with Crippen LogP contribution in [0, 0.1) is 0 Å². The van der Waals surface area contributed by atoms with E-state index in [1.54, 1.807) is 6.20 Å². The molecule has 2 heterocycles. The Labute approximate surface area is 116 Å². The van der Waals surface area contributed by atoms with Crippen LogP contribution in [0.25, 0.3) is 0 Å². The van der Waals surface area contributed by atoms with Crippen LogP contribution in [0.1, 0.15) is 31.7 Å². The Balaban J connectivity index is 1.87. The van der Waals surface area contributed by atoms with Crippen LogP contribution >= 0.6 is 11.3 Å². The van der Waals surface area contributed by atoms with Crippen LogP contribution in [-0.2, 0) is 13.1 Å². The van der Waals surface area contributed by atoms with Gasteiger partial charge in [0.1, 0.15) is 5.01 Å². The second kappa shape index (κ2) is 7.20. The Kier molecular flexibility index (Phi) is 5.29. The van der Waals surface area contributed by atoms with E-state index in [9.17, 15) is 0 Å². The third kappa shape index (κ3) is 4.29. The SMILES string of the molecule is CCCNCc1nnc(Oc2cnn(CCC)c2)s1. The third-order valence-electron chi connectivity index (χ3n) is 2.42.